The average Bonchev–Trinajstić information content (AvgIpc) is 1.30. The minimum absolute atomic E-state index is 0.0532. The van der Waals surface area contributed by atoms with E-state index in [1.54, 1.807) is 8.44 Å². The van der Waals surface area contributed by atoms with E-state index < -0.39 is 9.46 Å². The molecule has 0 radical (unpaired) electrons. The Hall–Kier alpha value is 0.340. The zero-order valence-electron chi connectivity index (χ0n) is 3.79. The summed E-state index contributed by atoms with van der Waals surface area (Å²) in [6.45, 7) is 0.200. The van der Waals surface area contributed by atoms with E-state index in [0.29, 0.717) is 0 Å². The predicted octanol–water partition coefficient (Wildman–Crippen LogP) is -0.850. The van der Waals surface area contributed by atoms with Gasteiger partial charge in [-0.2, -0.15) is 0 Å². The van der Waals surface area contributed by atoms with E-state index in [9.17, 15) is 8.42 Å². The highest BCUT2D eigenvalue weighted by Crippen LogP contribution is 1.96. The van der Waals surface area contributed by atoms with Crippen LogP contribution in [0, 0.1) is 0 Å². The fraction of sp³-hybridized carbons (Fsp3) is 1.00. The molecule has 0 aromatic rings. The van der Waals surface area contributed by atoms with Crippen molar-refractivity contribution in [1.82, 2.24) is 0 Å². The third kappa shape index (κ3) is 6.34. The second-order valence-electron chi connectivity index (χ2n) is 1.16. The van der Waals surface area contributed by atoms with Gasteiger partial charge in [0.15, 0.2) is 9.46 Å². The summed E-state index contributed by atoms with van der Waals surface area (Å²) in [5.41, 5.74) is 4.92. The van der Waals surface area contributed by atoms with Crippen molar-refractivity contribution in [2.24, 2.45) is 5.73 Å². The van der Waals surface area contributed by atoms with Crippen LogP contribution in [-0.4, -0.2) is 20.7 Å². The first-order chi connectivity index (χ1) is 3.06. The van der Waals surface area contributed by atoms with Gasteiger partial charge < -0.3 is 5.73 Å². The molecule has 3 nitrogen and oxygen atoms in total. The van der Waals surface area contributed by atoms with Crippen LogP contribution < -0.4 is 5.73 Å². The summed E-state index contributed by atoms with van der Waals surface area (Å²) in [7, 11) is -1.15. The Labute approximate surface area is 45.1 Å². The van der Waals surface area contributed by atoms with Gasteiger partial charge in [0.05, 0.1) is 5.75 Å². The van der Waals surface area contributed by atoms with Crippen LogP contribution in [0.5, 0.6) is 0 Å². The van der Waals surface area contributed by atoms with Gasteiger partial charge in [-0.15, -0.1) is 0 Å². The molecule has 0 saturated heterocycles. The Morgan fingerprint density at radius 2 is 2.00 bits per heavy atom. The molecule has 2 N–H and O–H groups in total. The molecule has 7 heavy (non-hydrogen) atoms. The van der Waals surface area contributed by atoms with Gasteiger partial charge in [-0.3, -0.25) is 0 Å². The van der Waals surface area contributed by atoms with E-state index in [4.69, 9.17) is 5.73 Å². The van der Waals surface area contributed by atoms with Crippen molar-refractivity contribution in [2.75, 3.05) is 12.3 Å². The molecule has 0 aromatic heterocycles. The van der Waals surface area contributed by atoms with Crippen LogP contribution >= 0.6 is 8.44 Å². The lowest BCUT2D eigenvalue weighted by molar-refractivity contribution is 0.610. The molecule has 0 rings (SSSR count). The van der Waals surface area contributed by atoms with Crippen LogP contribution in [-0.2, 0) is 9.46 Å². The van der Waals surface area contributed by atoms with Crippen molar-refractivity contribution in [3.63, 3.8) is 0 Å². The van der Waals surface area contributed by atoms with Gasteiger partial charge in [0.25, 0.3) is 0 Å². The highest BCUT2D eigenvalue weighted by molar-refractivity contribution is 8.37. The van der Waals surface area contributed by atoms with Crippen molar-refractivity contribution in [2.45, 2.75) is 0 Å². The number of hydrogen-bond acceptors (Lipinski definition) is 3. The van der Waals surface area contributed by atoms with Crippen molar-refractivity contribution >= 4 is 17.9 Å². The third-order valence-corrected chi connectivity index (χ3v) is 1.91. The Morgan fingerprint density at radius 1 is 1.57 bits per heavy atom. The normalized spacial score (nSPS) is 11.7. The summed E-state index contributed by atoms with van der Waals surface area (Å²) in [5, 5.41) is 0. The number of hydrogen-bond donors (Lipinski definition) is 1. The second-order valence-corrected chi connectivity index (χ2v) is 5.04. The van der Waals surface area contributed by atoms with Gasteiger partial charge in [-0.25, -0.2) is 8.42 Å². The Kier molecular flexibility index (Phi) is 2.73. The van der Waals surface area contributed by atoms with Gasteiger partial charge in [0.2, 0.25) is 0 Å². The number of rotatable bonds is 2. The quantitative estimate of drug-likeness (QED) is 0.509. The fourth-order valence-corrected chi connectivity index (χ4v) is 0.901. The highest BCUT2D eigenvalue weighted by Gasteiger charge is 1.95. The summed E-state index contributed by atoms with van der Waals surface area (Å²) in [6, 6.07) is 0. The van der Waals surface area contributed by atoms with E-state index in [1.807, 2.05) is 0 Å². The molecule has 0 saturated carbocycles. The molecule has 0 bridgehead atoms. The summed E-state index contributed by atoms with van der Waals surface area (Å²) >= 11 is 0. The molecular formula is C2H8NO2PS. The molecule has 1 atom stereocenters. The molecule has 0 fully saturated rings. The summed E-state index contributed by atoms with van der Waals surface area (Å²) in [6.07, 6.45) is 0. The minimum atomic E-state index is -2.88. The Morgan fingerprint density at radius 3 is 2.00 bits per heavy atom. The molecule has 5 heteroatoms. The molecule has 1 unspecified atom stereocenters. The highest BCUT2D eigenvalue weighted by atomic mass is 32.7. The minimum Gasteiger partial charge on any atom is -0.329 e. The van der Waals surface area contributed by atoms with Crippen LogP contribution in [0.15, 0.2) is 0 Å². The zero-order valence-corrected chi connectivity index (χ0v) is 5.76. The fourth-order valence-electron chi connectivity index (χ4n) is 0.164. The van der Waals surface area contributed by atoms with Crippen molar-refractivity contribution in [3.8, 4) is 0 Å². The first-order valence-electron chi connectivity index (χ1n) is 1.77. The van der Waals surface area contributed by atoms with E-state index in [1.165, 1.54) is 0 Å². The lowest BCUT2D eigenvalue weighted by Crippen LogP contribution is -2.09. The lowest BCUT2D eigenvalue weighted by atomic mass is 10.8. The van der Waals surface area contributed by atoms with Crippen LogP contribution in [0.1, 0.15) is 0 Å². The van der Waals surface area contributed by atoms with E-state index in [-0.39, 0.29) is 12.3 Å². The van der Waals surface area contributed by atoms with Gasteiger partial charge in [0.1, 0.15) is 0 Å². The average molecular weight is 141 g/mol. The number of nitrogens with two attached hydrogens (primary N) is 1. The lowest BCUT2D eigenvalue weighted by Gasteiger charge is -1.87. The van der Waals surface area contributed by atoms with E-state index in [0.717, 1.165) is 0 Å². The maximum absolute atomic E-state index is 10.1. The molecule has 0 spiro atoms. The van der Waals surface area contributed by atoms with Gasteiger partial charge >= 0.3 is 0 Å². The molecule has 0 aliphatic rings. The largest absolute Gasteiger partial charge is 0.329 e. The second kappa shape index (κ2) is 2.60. The molecule has 0 heterocycles. The van der Waals surface area contributed by atoms with Gasteiger partial charge in [-0.1, -0.05) is 0 Å². The monoisotopic (exact) mass is 141 g/mol. The summed E-state index contributed by atoms with van der Waals surface area (Å²) in [4.78, 5) is 0. The Bertz CT molecular complexity index is 129. The SMILES string of the molecule is NCCS(=O)(=O)P. The molecule has 0 aliphatic heterocycles. The first kappa shape index (κ1) is 7.34. The summed E-state index contributed by atoms with van der Waals surface area (Å²) < 4.78 is 20.2. The van der Waals surface area contributed by atoms with Crippen molar-refractivity contribution < 1.29 is 8.42 Å². The van der Waals surface area contributed by atoms with E-state index >= 15 is 0 Å². The summed E-state index contributed by atoms with van der Waals surface area (Å²) in [5.74, 6) is 0.0532. The first-order valence-corrected chi connectivity index (χ1v) is 4.90. The Balaban J connectivity index is 3.60. The molecule has 44 valence electrons. The smallest absolute Gasteiger partial charge is 0.162 e. The van der Waals surface area contributed by atoms with Crippen LogP contribution in [0.2, 0.25) is 0 Å². The third-order valence-electron chi connectivity index (χ3n) is 0.402. The maximum Gasteiger partial charge on any atom is 0.162 e. The molecule has 0 aliphatic carbocycles. The molecule has 0 aromatic carbocycles. The molecular weight excluding hydrogens is 133 g/mol. The topological polar surface area (TPSA) is 60.2 Å². The van der Waals surface area contributed by atoms with Gasteiger partial charge in [0, 0.05) is 6.54 Å². The van der Waals surface area contributed by atoms with Crippen LogP contribution in [0.3, 0.4) is 0 Å². The van der Waals surface area contributed by atoms with Crippen LogP contribution in [0.4, 0.5) is 0 Å². The molecule has 0 amide bonds. The maximum atomic E-state index is 10.1. The van der Waals surface area contributed by atoms with Crippen LogP contribution in [0.25, 0.3) is 0 Å². The predicted molar refractivity (Wildman–Crippen MR) is 32.6 cm³/mol. The van der Waals surface area contributed by atoms with Crippen molar-refractivity contribution in [3.05, 3.63) is 0 Å². The zero-order chi connectivity index (χ0) is 5.91. The standard InChI is InChI=1S/C2H8NO2PS/c3-1-2-7(4,5)6/h1-3,6H2. The van der Waals surface area contributed by atoms with Crippen molar-refractivity contribution in [1.29, 1.82) is 0 Å². The van der Waals surface area contributed by atoms with E-state index in [2.05, 4.69) is 0 Å². The van der Waals surface area contributed by atoms with Gasteiger partial charge in [-0.05, 0) is 8.44 Å².